The topological polar surface area (TPSA) is 110 Å². The van der Waals surface area contributed by atoms with Crippen molar-refractivity contribution in [3.8, 4) is 5.75 Å². The first-order valence-electron chi connectivity index (χ1n) is 10.4. The van der Waals surface area contributed by atoms with Gasteiger partial charge in [-0.1, -0.05) is 48.5 Å². The van der Waals surface area contributed by atoms with Crippen molar-refractivity contribution in [2.75, 3.05) is 18.1 Å². The Morgan fingerprint density at radius 3 is 2.58 bits per heavy atom. The van der Waals surface area contributed by atoms with Crippen molar-refractivity contribution in [1.29, 1.82) is 0 Å². The summed E-state index contributed by atoms with van der Waals surface area (Å²) < 4.78 is 5.81. The lowest BCUT2D eigenvalue weighted by molar-refractivity contribution is -0.384. The van der Waals surface area contributed by atoms with E-state index < -0.39 is 28.6 Å². The maximum atomic E-state index is 13.3. The smallest absolute Gasteiger partial charge is 0.270 e. The second-order valence-electron chi connectivity index (χ2n) is 7.86. The number of aryl methyl sites for hydroxylation is 1. The van der Waals surface area contributed by atoms with E-state index in [1.165, 1.54) is 23.1 Å². The Bertz CT molecular complexity index is 1240. The fraction of sp³-hybridized carbons (Fsp3) is 0.200. The van der Waals surface area contributed by atoms with Crippen molar-refractivity contribution >= 4 is 23.1 Å². The molecule has 0 bridgehead atoms. The minimum Gasteiger partial charge on any atom is -0.491 e. The van der Waals surface area contributed by atoms with Crippen molar-refractivity contribution < 1.29 is 24.4 Å². The van der Waals surface area contributed by atoms with Gasteiger partial charge in [-0.05, 0) is 24.6 Å². The number of fused-ring (bicyclic) bond motifs is 1. The number of Topliss-reactive ketones (excluding diaryl/α,β-unsaturated/α-hetero) is 1. The summed E-state index contributed by atoms with van der Waals surface area (Å²) in [5.74, 6) is -0.494. The van der Waals surface area contributed by atoms with Crippen molar-refractivity contribution in [1.82, 2.24) is 0 Å². The number of ether oxygens (including phenoxy) is 1. The van der Waals surface area contributed by atoms with Crippen LogP contribution in [0.2, 0.25) is 0 Å². The summed E-state index contributed by atoms with van der Waals surface area (Å²) in [6.07, 6.45) is -0.529. The number of ketones is 1. The molecule has 0 radical (unpaired) electrons. The molecule has 8 nitrogen and oxygen atoms in total. The highest BCUT2D eigenvalue weighted by Gasteiger charge is 2.50. The van der Waals surface area contributed by atoms with E-state index in [0.29, 0.717) is 17.0 Å². The lowest BCUT2D eigenvalue weighted by Gasteiger charge is -2.23. The summed E-state index contributed by atoms with van der Waals surface area (Å²) in [7, 11) is 0. The van der Waals surface area contributed by atoms with Gasteiger partial charge in [-0.25, -0.2) is 0 Å². The zero-order valence-corrected chi connectivity index (χ0v) is 17.9. The number of nitrogens with zero attached hydrogens (tertiary/aromatic N) is 2. The number of amides is 1. The summed E-state index contributed by atoms with van der Waals surface area (Å²) in [5.41, 5.74) is -0.453. The number of anilines is 1. The number of benzene rings is 3. The average molecular weight is 446 g/mol. The number of aliphatic hydroxyl groups is 1. The second kappa shape index (κ2) is 8.84. The number of nitro groups is 1. The lowest BCUT2D eigenvalue weighted by Crippen LogP contribution is -2.43. The molecule has 1 aliphatic rings. The maximum absolute atomic E-state index is 13.3. The standard InChI is InChI=1S/C25H22N2O6/c1-17-7-2-5-12-23(17)33-14-13-26-21-11-4-3-10-20(21)25(30,24(26)29)16-22(28)18-8-6-9-19(15-18)27(31)32/h2-12,15,30H,13-14,16H2,1H3. The van der Waals surface area contributed by atoms with Crippen LogP contribution in [-0.4, -0.2) is 34.9 Å². The Balaban J connectivity index is 1.55. The molecular weight excluding hydrogens is 424 g/mol. The third-order valence-electron chi connectivity index (χ3n) is 5.70. The first-order valence-corrected chi connectivity index (χ1v) is 10.4. The van der Waals surface area contributed by atoms with E-state index in [1.54, 1.807) is 24.3 Å². The normalized spacial score (nSPS) is 17.0. The van der Waals surface area contributed by atoms with Crippen molar-refractivity contribution in [2.45, 2.75) is 18.9 Å². The van der Waals surface area contributed by atoms with Gasteiger partial charge in [0, 0.05) is 23.3 Å². The highest BCUT2D eigenvalue weighted by Crippen LogP contribution is 2.42. The molecule has 1 N–H and O–H groups in total. The largest absolute Gasteiger partial charge is 0.491 e. The van der Waals surface area contributed by atoms with Gasteiger partial charge in [0.1, 0.15) is 12.4 Å². The van der Waals surface area contributed by atoms with E-state index in [9.17, 15) is 24.8 Å². The van der Waals surface area contributed by atoms with Gasteiger partial charge in [0.25, 0.3) is 11.6 Å². The lowest BCUT2D eigenvalue weighted by atomic mass is 9.88. The maximum Gasteiger partial charge on any atom is 0.270 e. The van der Waals surface area contributed by atoms with Gasteiger partial charge in [-0.3, -0.25) is 19.7 Å². The number of non-ortho nitro benzene ring substituents is 1. The molecule has 4 rings (SSSR count). The molecule has 1 heterocycles. The molecule has 1 unspecified atom stereocenters. The van der Waals surface area contributed by atoms with Crippen LogP contribution < -0.4 is 9.64 Å². The molecular formula is C25H22N2O6. The van der Waals surface area contributed by atoms with E-state index in [2.05, 4.69) is 0 Å². The molecule has 0 saturated heterocycles. The van der Waals surface area contributed by atoms with Crippen molar-refractivity contribution in [3.63, 3.8) is 0 Å². The quantitative estimate of drug-likeness (QED) is 0.320. The third kappa shape index (κ3) is 4.20. The van der Waals surface area contributed by atoms with Gasteiger partial charge >= 0.3 is 0 Å². The molecule has 1 aliphatic heterocycles. The second-order valence-corrected chi connectivity index (χ2v) is 7.86. The van der Waals surface area contributed by atoms with Crippen LogP contribution in [0.5, 0.6) is 5.75 Å². The van der Waals surface area contributed by atoms with Gasteiger partial charge in [0.2, 0.25) is 0 Å². The molecule has 3 aromatic carbocycles. The molecule has 0 aromatic heterocycles. The fourth-order valence-corrected chi connectivity index (χ4v) is 3.99. The number of para-hydroxylation sites is 2. The minimum absolute atomic E-state index is 0.0595. The van der Waals surface area contributed by atoms with Crippen LogP contribution >= 0.6 is 0 Å². The van der Waals surface area contributed by atoms with Crippen LogP contribution in [0.3, 0.4) is 0 Å². The summed E-state index contributed by atoms with van der Waals surface area (Å²) >= 11 is 0. The summed E-state index contributed by atoms with van der Waals surface area (Å²) in [4.78, 5) is 38.0. The third-order valence-corrected chi connectivity index (χ3v) is 5.70. The Labute approximate surface area is 190 Å². The van der Waals surface area contributed by atoms with E-state index in [4.69, 9.17) is 4.74 Å². The molecule has 168 valence electrons. The molecule has 3 aromatic rings. The monoisotopic (exact) mass is 446 g/mol. The Hall–Kier alpha value is -4.04. The van der Waals surface area contributed by atoms with Gasteiger partial charge in [0.15, 0.2) is 11.4 Å². The molecule has 0 fully saturated rings. The number of carbonyl (C=O) groups is 2. The zero-order valence-electron chi connectivity index (χ0n) is 17.9. The SMILES string of the molecule is Cc1ccccc1OCCN1C(=O)C(O)(CC(=O)c2cccc([N+](=O)[O-])c2)c2ccccc21. The average Bonchev–Trinajstić information content (AvgIpc) is 3.02. The van der Waals surface area contributed by atoms with E-state index in [-0.39, 0.29) is 24.4 Å². The summed E-state index contributed by atoms with van der Waals surface area (Å²) in [6, 6.07) is 19.5. The minimum atomic E-state index is -2.07. The first kappa shape index (κ1) is 22.2. The van der Waals surface area contributed by atoms with Crippen LogP contribution in [0, 0.1) is 17.0 Å². The number of rotatable bonds is 8. The van der Waals surface area contributed by atoms with Gasteiger partial charge in [-0.2, -0.15) is 0 Å². The molecule has 1 amide bonds. The number of carbonyl (C=O) groups excluding carboxylic acids is 2. The predicted molar refractivity (Wildman–Crippen MR) is 121 cm³/mol. The van der Waals surface area contributed by atoms with E-state index in [1.807, 2.05) is 31.2 Å². The molecule has 0 saturated carbocycles. The van der Waals surface area contributed by atoms with Gasteiger partial charge < -0.3 is 14.7 Å². The zero-order chi connectivity index (χ0) is 23.6. The molecule has 33 heavy (non-hydrogen) atoms. The molecule has 1 atom stereocenters. The van der Waals surface area contributed by atoms with Gasteiger partial charge in [-0.15, -0.1) is 0 Å². The van der Waals surface area contributed by atoms with Crippen LogP contribution in [0.25, 0.3) is 0 Å². The van der Waals surface area contributed by atoms with E-state index >= 15 is 0 Å². The van der Waals surface area contributed by atoms with Crippen LogP contribution in [0.4, 0.5) is 11.4 Å². The molecule has 0 spiro atoms. The summed E-state index contributed by atoms with van der Waals surface area (Å²) in [5, 5.41) is 22.4. The molecule has 8 heteroatoms. The Morgan fingerprint density at radius 2 is 1.82 bits per heavy atom. The van der Waals surface area contributed by atoms with E-state index in [0.717, 1.165) is 11.6 Å². The number of nitro benzene ring substituents is 1. The highest BCUT2D eigenvalue weighted by atomic mass is 16.6. The predicted octanol–water partition coefficient (Wildman–Crippen LogP) is 3.79. The Kier molecular flexibility index (Phi) is 5.93. The first-order chi connectivity index (χ1) is 15.8. The van der Waals surface area contributed by atoms with Gasteiger partial charge in [0.05, 0.1) is 23.6 Å². The number of hydrogen-bond donors (Lipinski definition) is 1. The fourth-order valence-electron chi connectivity index (χ4n) is 3.99. The molecule has 0 aliphatic carbocycles. The summed E-state index contributed by atoms with van der Waals surface area (Å²) in [6.45, 7) is 2.29. The van der Waals surface area contributed by atoms with Crippen LogP contribution in [0.15, 0.2) is 72.8 Å². The Morgan fingerprint density at radius 1 is 1.09 bits per heavy atom. The van der Waals surface area contributed by atoms with Crippen LogP contribution in [0.1, 0.15) is 27.9 Å². The number of hydrogen-bond acceptors (Lipinski definition) is 6. The highest BCUT2D eigenvalue weighted by molar-refractivity contribution is 6.10. The van der Waals surface area contributed by atoms with Crippen molar-refractivity contribution in [2.24, 2.45) is 0 Å². The van der Waals surface area contributed by atoms with Crippen molar-refractivity contribution in [3.05, 3.63) is 99.6 Å². The van der Waals surface area contributed by atoms with Crippen LogP contribution in [-0.2, 0) is 10.4 Å².